The van der Waals surface area contributed by atoms with Crippen molar-refractivity contribution in [1.29, 1.82) is 0 Å². The fourth-order valence-electron chi connectivity index (χ4n) is 0.821. The predicted molar refractivity (Wildman–Crippen MR) is 48.3 cm³/mol. The van der Waals surface area contributed by atoms with Crippen LogP contribution in [0.15, 0.2) is 23.4 Å². The number of aldehydes is 1. The van der Waals surface area contributed by atoms with Gasteiger partial charge in [-0.3, -0.25) is 4.79 Å². The lowest BCUT2D eigenvalue weighted by molar-refractivity contribution is -0.102. The van der Waals surface area contributed by atoms with E-state index in [9.17, 15) is 4.79 Å². The van der Waals surface area contributed by atoms with Gasteiger partial charge in [0.05, 0.1) is 5.69 Å². The average molecular weight is 179 g/mol. The van der Waals surface area contributed by atoms with E-state index in [2.05, 4.69) is 15.0 Å². The number of aromatic nitrogens is 1. The molecular formula is C8H9N3O2. The third-order valence-corrected chi connectivity index (χ3v) is 1.33. The molecule has 0 spiro atoms. The molecule has 1 aromatic heterocycles. The minimum absolute atomic E-state index is 0.120. The summed E-state index contributed by atoms with van der Waals surface area (Å²) >= 11 is 0. The second-order valence-electron chi connectivity index (χ2n) is 2.22. The largest absolute Gasteiger partial charge is 0.398 e. The van der Waals surface area contributed by atoms with Crippen molar-refractivity contribution in [1.82, 2.24) is 4.98 Å². The Labute approximate surface area is 75.2 Å². The molecular weight excluding hydrogens is 170 g/mol. The molecule has 68 valence electrons. The normalized spacial score (nSPS) is 11.0. The van der Waals surface area contributed by atoms with Crippen LogP contribution in [0.2, 0.25) is 0 Å². The zero-order chi connectivity index (χ0) is 9.68. The molecule has 0 atom stereocenters. The first kappa shape index (κ1) is 9.18. The SMILES string of the molecule is CO/N=C(\C=O)c1cccc(N)n1. The van der Waals surface area contributed by atoms with Gasteiger partial charge in [-0.05, 0) is 12.1 Å². The van der Waals surface area contributed by atoms with E-state index >= 15 is 0 Å². The number of hydrogen-bond acceptors (Lipinski definition) is 5. The maximum Gasteiger partial charge on any atom is 0.174 e. The summed E-state index contributed by atoms with van der Waals surface area (Å²) in [5, 5.41) is 3.48. The van der Waals surface area contributed by atoms with Crippen LogP contribution >= 0.6 is 0 Å². The first-order chi connectivity index (χ1) is 6.27. The monoisotopic (exact) mass is 179 g/mol. The van der Waals surface area contributed by atoms with Crippen LogP contribution in [-0.4, -0.2) is 24.1 Å². The molecule has 0 aliphatic rings. The topological polar surface area (TPSA) is 77.6 Å². The Morgan fingerprint density at radius 2 is 2.46 bits per heavy atom. The zero-order valence-corrected chi connectivity index (χ0v) is 7.10. The number of nitrogens with zero attached hydrogens (tertiary/aromatic N) is 2. The third-order valence-electron chi connectivity index (χ3n) is 1.33. The molecule has 0 fully saturated rings. The number of hydrogen-bond donors (Lipinski definition) is 1. The highest BCUT2D eigenvalue weighted by atomic mass is 16.6. The second kappa shape index (κ2) is 4.20. The molecule has 0 saturated carbocycles. The lowest BCUT2D eigenvalue weighted by atomic mass is 10.2. The van der Waals surface area contributed by atoms with Crippen LogP contribution in [0.5, 0.6) is 0 Å². The summed E-state index contributed by atoms with van der Waals surface area (Å²) in [4.78, 5) is 18.9. The van der Waals surface area contributed by atoms with Gasteiger partial charge in [0.15, 0.2) is 12.0 Å². The number of carbonyl (C=O) groups excluding carboxylic acids is 1. The molecule has 0 aliphatic carbocycles. The second-order valence-corrected chi connectivity index (χ2v) is 2.22. The summed E-state index contributed by atoms with van der Waals surface area (Å²) in [5.41, 5.74) is 5.94. The minimum Gasteiger partial charge on any atom is -0.398 e. The highest BCUT2D eigenvalue weighted by molar-refractivity contribution is 6.35. The van der Waals surface area contributed by atoms with E-state index in [1.165, 1.54) is 7.11 Å². The van der Waals surface area contributed by atoms with Crippen molar-refractivity contribution in [3.63, 3.8) is 0 Å². The van der Waals surface area contributed by atoms with Gasteiger partial charge in [0, 0.05) is 0 Å². The molecule has 2 N–H and O–H groups in total. The standard InChI is InChI=1S/C8H9N3O2/c1-13-11-7(5-12)6-3-2-4-8(9)10-6/h2-5H,1H3,(H2,9,10)/b11-7+. The lowest BCUT2D eigenvalue weighted by Gasteiger charge is -1.98. The molecule has 1 aromatic rings. The van der Waals surface area contributed by atoms with Crippen LogP contribution in [0.4, 0.5) is 5.82 Å². The van der Waals surface area contributed by atoms with Crippen LogP contribution in [0.1, 0.15) is 5.69 Å². The van der Waals surface area contributed by atoms with E-state index in [0.29, 0.717) is 17.8 Å². The van der Waals surface area contributed by atoms with Gasteiger partial charge in [0.2, 0.25) is 0 Å². The van der Waals surface area contributed by atoms with Gasteiger partial charge in [0.1, 0.15) is 12.9 Å². The number of anilines is 1. The van der Waals surface area contributed by atoms with Crippen LogP contribution in [0, 0.1) is 0 Å². The summed E-state index contributed by atoms with van der Waals surface area (Å²) in [5.74, 6) is 0.336. The molecule has 1 rings (SSSR count). The van der Waals surface area contributed by atoms with Gasteiger partial charge in [0.25, 0.3) is 0 Å². The first-order valence-electron chi connectivity index (χ1n) is 3.57. The van der Waals surface area contributed by atoms with E-state index in [-0.39, 0.29) is 5.71 Å². The number of nitrogens with two attached hydrogens (primary N) is 1. The maximum absolute atomic E-state index is 10.5. The van der Waals surface area contributed by atoms with Crippen LogP contribution < -0.4 is 5.73 Å². The van der Waals surface area contributed by atoms with E-state index in [1.54, 1.807) is 18.2 Å². The molecule has 0 amide bonds. The van der Waals surface area contributed by atoms with Crippen molar-refractivity contribution in [2.24, 2.45) is 5.16 Å². The molecule has 5 heteroatoms. The van der Waals surface area contributed by atoms with Crippen molar-refractivity contribution < 1.29 is 9.63 Å². The molecule has 0 saturated heterocycles. The summed E-state index contributed by atoms with van der Waals surface area (Å²) < 4.78 is 0. The van der Waals surface area contributed by atoms with Gasteiger partial charge in [-0.1, -0.05) is 11.2 Å². The quantitative estimate of drug-likeness (QED) is 0.409. The van der Waals surface area contributed by atoms with Crippen molar-refractivity contribution in [2.75, 3.05) is 12.8 Å². The number of oxime groups is 1. The predicted octanol–water partition coefficient (Wildman–Crippen LogP) is 0.213. The van der Waals surface area contributed by atoms with Crippen molar-refractivity contribution in [3.8, 4) is 0 Å². The third kappa shape index (κ3) is 2.26. The van der Waals surface area contributed by atoms with Gasteiger partial charge in [-0.25, -0.2) is 4.98 Å². The smallest absolute Gasteiger partial charge is 0.174 e. The van der Waals surface area contributed by atoms with E-state index in [1.807, 2.05) is 0 Å². The fourth-order valence-corrected chi connectivity index (χ4v) is 0.821. The highest BCUT2D eigenvalue weighted by Gasteiger charge is 2.03. The molecule has 0 bridgehead atoms. The molecule has 5 nitrogen and oxygen atoms in total. The molecule has 0 unspecified atom stereocenters. The minimum atomic E-state index is 0.120. The Morgan fingerprint density at radius 3 is 3.00 bits per heavy atom. The van der Waals surface area contributed by atoms with Gasteiger partial charge >= 0.3 is 0 Å². The number of rotatable bonds is 3. The van der Waals surface area contributed by atoms with Crippen molar-refractivity contribution >= 4 is 17.8 Å². The maximum atomic E-state index is 10.5. The van der Waals surface area contributed by atoms with Crippen LogP contribution in [0.3, 0.4) is 0 Å². The summed E-state index contributed by atoms with van der Waals surface area (Å²) in [7, 11) is 1.36. The van der Waals surface area contributed by atoms with Crippen molar-refractivity contribution in [2.45, 2.75) is 0 Å². The van der Waals surface area contributed by atoms with Gasteiger partial charge < -0.3 is 10.6 Å². The molecule has 1 heterocycles. The fraction of sp³-hybridized carbons (Fsp3) is 0.125. The Hall–Kier alpha value is -1.91. The summed E-state index contributed by atoms with van der Waals surface area (Å²) in [6.07, 6.45) is 0.561. The lowest BCUT2D eigenvalue weighted by Crippen LogP contribution is -2.06. The Morgan fingerprint density at radius 1 is 1.69 bits per heavy atom. The van der Waals surface area contributed by atoms with E-state index in [4.69, 9.17) is 5.73 Å². The van der Waals surface area contributed by atoms with Crippen LogP contribution in [0.25, 0.3) is 0 Å². The van der Waals surface area contributed by atoms with Gasteiger partial charge in [-0.15, -0.1) is 0 Å². The first-order valence-corrected chi connectivity index (χ1v) is 3.57. The Balaban J connectivity index is 3.05. The van der Waals surface area contributed by atoms with E-state index < -0.39 is 0 Å². The zero-order valence-electron chi connectivity index (χ0n) is 7.10. The van der Waals surface area contributed by atoms with E-state index in [0.717, 1.165) is 0 Å². The highest BCUT2D eigenvalue weighted by Crippen LogP contribution is 2.01. The average Bonchev–Trinajstić information content (AvgIpc) is 2.14. The molecule has 0 radical (unpaired) electrons. The van der Waals surface area contributed by atoms with Crippen molar-refractivity contribution in [3.05, 3.63) is 23.9 Å². The van der Waals surface area contributed by atoms with Crippen LogP contribution in [-0.2, 0) is 9.63 Å². The number of pyridine rings is 1. The summed E-state index contributed by atoms with van der Waals surface area (Å²) in [6.45, 7) is 0. The van der Waals surface area contributed by atoms with Gasteiger partial charge in [-0.2, -0.15) is 0 Å². The Kier molecular flexibility index (Phi) is 2.97. The number of nitrogen functional groups attached to an aromatic ring is 1. The molecule has 13 heavy (non-hydrogen) atoms. The number of carbonyl (C=O) groups is 1. The summed E-state index contributed by atoms with van der Waals surface area (Å²) in [6, 6.07) is 4.94. The Bertz CT molecular complexity index is 336. The molecule has 0 aromatic carbocycles. The molecule has 0 aliphatic heterocycles.